The molecule has 0 aliphatic heterocycles. The first-order chi connectivity index (χ1) is 32.2. The summed E-state index contributed by atoms with van der Waals surface area (Å²) in [4.78, 5) is 10.1. The summed E-state index contributed by atoms with van der Waals surface area (Å²) in [6.45, 7) is 0. The number of rotatable bonds is 6. The molecule has 0 N–H and O–H groups in total. The molecule has 0 bridgehead atoms. The molecular formula is C63H40N2. The van der Waals surface area contributed by atoms with E-state index >= 15 is 0 Å². The molecule has 10 aromatic carbocycles. The van der Waals surface area contributed by atoms with Crippen LogP contribution in [0.1, 0.15) is 22.3 Å². The molecule has 2 aliphatic carbocycles. The zero-order chi connectivity index (χ0) is 42.9. The Balaban J connectivity index is 0.948. The van der Waals surface area contributed by atoms with Crippen molar-refractivity contribution >= 4 is 10.8 Å². The van der Waals surface area contributed by atoms with E-state index in [4.69, 9.17) is 9.97 Å². The van der Waals surface area contributed by atoms with Gasteiger partial charge in [0.25, 0.3) is 0 Å². The molecule has 11 aromatic rings. The molecule has 0 amide bonds. The molecule has 0 atom stereocenters. The minimum atomic E-state index is -0.430. The van der Waals surface area contributed by atoms with Crippen LogP contribution in [0.25, 0.3) is 100 Å². The second kappa shape index (κ2) is 14.8. The van der Waals surface area contributed by atoms with Gasteiger partial charge in [0, 0.05) is 16.7 Å². The molecule has 0 saturated heterocycles. The molecule has 65 heavy (non-hydrogen) atoms. The van der Waals surface area contributed by atoms with Crippen LogP contribution >= 0.6 is 0 Å². The highest BCUT2D eigenvalue weighted by Gasteiger charge is 2.51. The van der Waals surface area contributed by atoms with Crippen LogP contribution in [0, 0.1) is 0 Å². The van der Waals surface area contributed by atoms with Crippen molar-refractivity contribution in [3.05, 3.63) is 265 Å². The molecular weight excluding hydrogens is 785 g/mol. The lowest BCUT2D eigenvalue weighted by molar-refractivity contribution is 0.794. The Morgan fingerprint density at radius 2 is 0.692 bits per heavy atom. The lowest BCUT2D eigenvalue weighted by Crippen LogP contribution is -2.25. The summed E-state index contributed by atoms with van der Waals surface area (Å²) in [5.74, 6) is 0.715. The molecule has 0 saturated carbocycles. The zero-order valence-electron chi connectivity index (χ0n) is 35.5. The fourth-order valence-electron chi connectivity index (χ4n) is 10.8. The van der Waals surface area contributed by atoms with Gasteiger partial charge in [0.2, 0.25) is 0 Å². The minimum absolute atomic E-state index is 0.430. The smallest absolute Gasteiger partial charge is 0.160 e. The Bertz CT molecular complexity index is 3520. The third-order valence-corrected chi connectivity index (χ3v) is 13.8. The predicted molar refractivity (Wildman–Crippen MR) is 268 cm³/mol. The molecule has 2 aliphatic rings. The van der Waals surface area contributed by atoms with E-state index in [1.165, 1.54) is 77.5 Å². The van der Waals surface area contributed by atoms with E-state index in [-0.39, 0.29) is 0 Å². The van der Waals surface area contributed by atoms with E-state index in [9.17, 15) is 0 Å². The highest BCUT2D eigenvalue weighted by Crippen LogP contribution is 2.63. The third kappa shape index (κ3) is 5.81. The van der Waals surface area contributed by atoms with Crippen LogP contribution in [0.15, 0.2) is 243 Å². The first-order valence-corrected chi connectivity index (χ1v) is 22.4. The Hall–Kier alpha value is -8.46. The molecule has 2 heteroatoms. The number of hydrogen-bond donors (Lipinski definition) is 0. The predicted octanol–water partition coefficient (Wildman–Crippen LogP) is 16.0. The van der Waals surface area contributed by atoms with Crippen molar-refractivity contribution in [3.8, 4) is 89.5 Å². The van der Waals surface area contributed by atoms with Crippen molar-refractivity contribution in [2.75, 3.05) is 0 Å². The van der Waals surface area contributed by atoms with Gasteiger partial charge >= 0.3 is 0 Å². The normalized spacial score (nSPS) is 12.7. The maximum absolute atomic E-state index is 5.08. The molecule has 302 valence electrons. The Labute approximate surface area is 378 Å². The van der Waals surface area contributed by atoms with Crippen molar-refractivity contribution in [2.45, 2.75) is 5.41 Å². The van der Waals surface area contributed by atoms with Gasteiger partial charge < -0.3 is 0 Å². The molecule has 1 aromatic heterocycles. The van der Waals surface area contributed by atoms with Gasteiger partial charge in [-0.2, -0.15) is 0 Å². The molecule has 13 rings (SSSR count). The van der Waals surface area contributed by atoms with Gasteiger partial charge in [-0.05, 0) is 107 Å². The zero-order valence-corrected chi connectivity index (χ0v) is 35.5. The SMILES string of the molecule is c1ccc(-c2cc(-c3ccc(-c4ccc(-c5cc6c(cc5-c5cccc7ccccc57)-c5ccccc5C65c6ccccc6-c6ccccc65)cc4)cc3)nc(-c3ccccc3)n2)cc1. The number of fused-ring (bicyclic) bond motifs is 11. The van der Waals surface area contributed by atoms with E-state index in [0.29, 0.717) is 5.82 Å². The van der Waals surface area contributed by atoms with Crippen LogP contribution in [-0.4, -0.2) is 9.97 Å². The number of aromatic nitrogens is 2. The summed E-state index contributed by atoms with van der Waals surface area (Å²) < 4.78 is 0. The van der Waals surface area contributed by atoms with Crippen molar-refractivity contribution in [1.82, 2.24) is 9.97 Å². The van der Waals surface area contributed by atoms with E-state index in [1.54, 1.807) is 0 Å². The van der Waals surface area contributed by atoms with Crippen LogP contribution in [0.2, 0.25) is 0 Å². The second-order valence-electron chi connectivity index (χ2n) is 17.2. The standard InChI is InChI=1S/C63H40N2/c1-3-17-45(18-4-1)60-40-61(65-62(64-60)47-19-5-2-6-20-47)46-36-32-42(33-37-46)41-30-34-44(35-31-41)53-39-59-55(38-54(53)49-26-15-21-43-16-7-8-22-48(43)49)52-25-11-14-29-58(52)63(59)56-27-12-9-23-50(56)51-24-10-13-28-57(51)63/h1-40H. The molecule has 1 spiro atoms. The number of benzene rings is 10. The topological polar surface area (TPSA) is 25.8 Å². The fraction of sp³-hybridized carbons (Fsp3) is 0.0159. The molecule has 2 nitrogen and oxygen atoms in total. The lowest BCUT2D eigenvalue weighted by Gasteiger charge is -2.31. The maximum atomic E-state index is 5.08. The summed E-state index contributed by atoms with van der Waals surface area (Å²) in [7, 11) is 0. The molecule has 1 heterocycles. The van der Waals surface area contributed by atoms with Gasteiger partial charge in [0.05, 0.1) is 16.8 Å². The summed E-state index contributed by atoms with van der Waals surface area (Å²) >= 11 is 0. The first kappa shape index (κ1) is 37.1. The fourth-order valence-corrected chi connectivity index (χ4v) is 10.8. The Kier molecular flexibility index (Phi) is 8.47. The van der Waals surface area contributed by atoms with Crippen molar-refractivity contribution in [1.29, 1.82) is 0 Å². The van der Waals surface area contributed by atoms with Gasteiger partial charge in [-0.1, -0.05) is 224 Å². The maximum Gasteiger partial charge on any atom is 0.160 e. The Morgan fingerprint density at radius 1 is 0.246 bits per heavy atom. The largest absolute Gasteiger partial charge is 0.228 e. The van der Waals surface area contributed by atoms with Crippen LogP contribution in [0.3, 0.4) is 0 Å². The highest BCUT2D eigenvalue weighted by atomic mass is 14.9. The van der Waals surface area contributed by atoms with Crippen molar-refractivity contribution in [3.63, 3.8) is 0 Å². The average Bonchev–Trinajstić information content (AvgIpc) is 3.85. The first-order valence-electron chi connectivity index (χ1n) is 22.4. The monoisotopic (exact) mass is 824 g/mol. The van der Waals surface area contributed by atoms with Crippen LogP contribution in [0.5, 0.6) is 0 Å². The van der Waals surface area contributed by atoms with Gasteiger partial charge in [-0.15, -0.1) is 0 Å². The Morgan fingerprint density at radius 3 is 1.31 bits per heavy atom. The third-order valence-electron chi connectivity index (χ3n) is 13.8. The number of nitrogens with zero attached hydrogens (tertiary/aromatic N) is 2. The van der Waals surface area contributed by atoms with Gasteiger partial charge in [-0.3, -0.25) is 0 Å². The van der Waals surface area contributed by atoms with Crippen LogP contribution < -0.4 is 0 Å². The quantitative estimate of drug-likeness (QED) is 0.167. The number of hydrogen-bond acceptors (Lipinski definition) is 2. The molecule has 0 fully saturated rings. The second-order valence-corrected chi connectivity index (χ2v) is 17.2. The summed E-state index contributed by atoms with van der Waals surface area (Å²) in [5.41, 5.74) is 22.3. The average molecular weight is 825 g/mol. The van der Waals surface area contributed by atoms with Crippen LogP contribution in [-0.2, 0) is 5.41 Å². The van der Waals surface area contributed by atoms with E-state index in [0.717, 1.165) is 39.2 Å². The molecule has 0 radical (unpaired) electrons. The van der Waals surface area contributed by atoms with E-state index < -0.39 is 5.41 Å². The molecule has 0 unspecified atom stereocenters. The van der Waals surface area contributed by atoms with Gasteiger partial charge in [0.15, 0.2) is 5.82 Å². The van der Waals surface area contributed by atoms with Crippen molar-refractivity contribution < 1.29 is 0 Å². The minimum Gasteiger partial charge on any atom is -0.228 e. The lowest BCUT2D eigenvalue weighted by atomic mass is 9.70. The van der Waals surface area contributed by atoms with Crippen LogP contribution in [0.4, 0.5) is 0 Å². The van der Waals surface area contributed by atoms with E-state index in [1.807, 2.05) is 24.3 Å². The summed E-state index contributed by atoms with van der Waals surface area (Å²) in [6.07, 6.45) is 0. The summed E-state index contributed by atoms with van der Waals surface area (Å²) in [5, 5.41) is 2.49. The van der Waals surface area contributed by atoms with Gasteiger partial charge in [0.1, 0.15) is 0 Å². The van der Waals surface area contributed by atoms with E-state index in [2.05, 4.69) is 218 Å². The van der Waals surface area contributed by atoms with Crippen molar-refractivity contribution in [2.24, 2.45) is 0 Å². The van der Waals surface area contributed by atoms with Gasteiger partial charge in [-0.25, -0.2) is 9.97 Å². The highest BCUT2D eigenvalue weighted by molar-refractivity contribution is 6.04. The summed E-state index contributed by atoms with van der Waals surface area (Å²) in [6, 6.07) is 88.4.